The second kappa shape index (κ2) is 7.04. The second-order valence-corrected chi connectivity index (χ2v) is 6.19. The Kier molecular flexibility index (Phi) is 4.80. The summed E-state index contributed by atoms with van der Waals surface area (Å²) < 4.78 is 26.8. The average Bonchev–Trinajstić information content (AvgIpc) is 2.61. The predicted octanol–water partition coefficient (Wildman–Crippen LogP) is 2.09. The van der Waals surface area contributed by atoms with Gasteiger partial charge in [-0.1, -0.05) is 6.07 Å². The van der Waals surface area contributed by atoms with Crippen LogP contribution in [0.25, 0.3) is 0 Å². The van der Waals surface area contributed by atoms with Gasteiger partial charge >= 0.3 is 0 Å². The van der Waals surface area contributed by atoms with Crippen LogP contribution >= 0.6 is 0 Å². The van der Waals surface area contributed by atoms with Crippen molar-refractivity contribution in [2.24, 2.45) is 0 Å². The highest BCUT2D eigenvalue weighted by Crippen LogP contribution is 2.23. The van der Waals surface area contributed by atoms with Gasteiger partial charge in [-0.05, 0) is 25.5 Å². The fourth-order valence-electron chi connectivity index (χ4n) is 2.86. The summed E-state index contributed by atoms with van der Waals surface area (Å²) in [5, 5.41) is 17.5. The van der Waals surface area contributed by atoms with Gasteiger partial charge in [0.1, 0.15) is 23.3 Å². The minimum Gasteiger partial charge on any atom is -0.343 e. The molecule has 26 heavy (non-hydrogen) atoms. The van der Waals surface area contributed by atoms with Crippen molar-refractivity contribution >= 4 is 11.7 Å². The van der Waals surface area contributed by atoms with E-state index in [1.165, 1.54) is 17.0 Å². The first-order chi connectivity index (χ1) is 12.4. The summed E-state index contributed by atoms with van der Waals surface area (Å²) >= 11 is 0. The molecule has 3 rings (SSSR count). The van der Waals surface area contributed by atoms with Gasteiger partial charge in [0.25, 0.3) is 0 Å². The first-order valence-corrected chi connectivity index (χ1v) is 8.11. The number of carbonyl (C=O) groups excluding carboxylic acids is 1. The average molecular weight is 357 g/mol. The Morgan fingerprint density at radius 1 is 1.23 bits per heavy atom. The molecular weight excluding hydrogens is 340 g/mol. The van der Waals surface area contributed by atoms with Crippen LogP contribution in [0.4, 0.5) is 14.6 Å². The molecule has 0 saturated carbocycles. The number of carbonyl (C=O) groups is 1. The van der Waals surface area contributed by atoms with E-state index in [9.17, 15) is 18.8 Å². The third kappa shape index (κ3) is 3.33. The largest absolute Gasteiger partial charge is 0.343 e. The molecule has 1 aliphatic heterocycles. The molecule has 0 bridgehead atoms. The van der Waals surface area contributed by atoms with Gasteiger partial charge in [0.15, 0.2) is 5.82 Å². The highest BCUT2D eigenvalue weighted by Gasteiger charge is 2.28. The van der Waals surface area contributed by atoms with E-state index in [0.717, 1.165) is 11.6 Å². The number of aryl methyl sites for hydroxylation is 1. The number of anilines is 1. The van der Waals surface area contributed by atoms with Gasteiger partial charge in [-0.3, -0.25) is 4.79 Å². The van der Waals surface area contributed by atoms with Crippen LogP contribution in [0.3, 0.4) is 0 Å². The lowest BCUT2D eigenvalue weighted by Crippen LogP contribution is -2.50. The van der Waals surface area contributed by atoms with E-state index in [1.54, 1.807) is 18.7 Å². The Morgan fingerprint density at radius 3 is 2.65 bits per heavy atom. The lowest BCUT2D eigenvalue weighted by molar-refractivity contribution is -0.131. The Labute approximate surface area is 149 Å². The minimum absolute atomic E-state index is 0.0225. The summed E-state index contributed by atoms with van der Waals surface area (Å²) in [6.45, 7) is 4.45. The van der Waals surface area contributed by atoms with Gasteiger partial charge in [0.2, 0.25) is 5.91 Å². The van der Waals surface area contributed by atoms with Gasteiger partial charge < -0.3 is 9.80 Å². The van der Waals surface area contributed by atoms with Crippen molar-refractivity contribution in [1.82, 2.24) is 15.1 Å². The standard InChI is InChI=1S/C18H17F2N5O/c1-11-12(2)22-23-18(15(11)8-21)25-6-5-24(17(26)10-25)9-13-3-4-14(19)7-16(13)20/h3-4,7H,5-6,9-10H2,1-2H3. The summed E-state index contributed by atoms with van der Waals surface area (Å²) in [7, 11) is 0. The molecule has 1 saturated heterocycles. The van der Waals surface area contributed by atoms with Crippen molar-refractivity contribution < 1.29 is 13.6 Å². The van der Waals surface area contributed by atoms with Crippen LogP contribution in [-0.4, -0.2) is 40.6 Å². The van der Waals surface area contributed by atoms with Gasteiger partial charge in [-0.25, -0.2) is 8.78 Å². The lowest BCUT2D eigenvalue weighted by atomic mass is 10.1. The number of rotatable bonds is 3. The molecule has 8 heteroatoms. The summed E-state index contributed by atoms with van der Waals surface area (Å²) in [5.74, 6) is -1.16. The van der Waals surface area contributed by atoms with Gasteiger partial charge in [-0.15, -0.1) is 5.10 Å². The molecule has 1 amide bonds. The molecule has 1 aromatic carbocycles. The van der Waals surface area contributed by atoms with Crippen LogP contribution in [-0.2, 0) is 11.3 Å². The molecule has 2 aromatic rings. The van der Waals surface area contributed by atoms with Crippen molar-refractivity contribution in [2.45, 2.75) is 20.4 Å². The number of piperazine rings is 1. The number of halogens is 2. The minimum atomic E-state index is -0.674. The van der Waals surface area contributed by atoms with E-state index in [4.69, 9.17) is 0 Å². The third-order valence-corrected chi connectivity index (χ3v) is 4.54. The maximum Gasteiger partial charge on any atom is 0.242 e. The summed E-state index contributed by atoms with van der Waals surface area (Å²) in [4.78, 5) is 15.7. The third-order valence-electron chi connectivity index (χ3n) is 4.54. The maximum atomic E-state index is 13.8. The summed E-state index contributed by atoms with van der Waals surface area (Å²) in [6, 6.07) is 5.44. The molecule has 1 fully saturated rings. The van der Waals surface area contributed by atoms with Crippen molar-refractivity contribution in [1.29, 1.82) is 5.26 Å². The Hall–Kier alpha value is -3.08. The van der Waals surface area contributed by atoms with Crippen molar-refractivity contribution in [3.05, 3.63) is 52.2 Å². The Bertz CT molecular complexity index is 909. The van der Waals surface area contributed by atoms with Crippen LogP contribution in [0.15, 0.2) is 18.2 Å². The van der Waals surface area contributed by atoms with Crippen molar-refractivity contribution in [3.8, 4) is 6.07 Å². The molecule has 0 N–H and O–H groups in total. The maximum absolute atomic E-state index is 13.8. The van der Waals surface area contributed by atoms with E-state index in [-0.39, 0.29) is 24.6 Å². The molecule has 0 atom stereocenters. The van der Waals surface area contributed by atoms with Crippen LogP contribution in [0.1, 0.15) is 22.4 Å². The number of hydrogen-bond acceptors (Lipinski definition) is 5. The zero-order chi connectivity index (χ0) is 18.8. The number of hydrogen-bond donors (Lipinski definition) is 0. The Morgan fingerprint density at radius 2 is 2.00 bits per heavy atom. The van der Waals surface area contributed by atoms with Crippen molar-refractivity contribution in [2.75, 3.05) is 24.5 Å². The van der Waals surface area contributed by atoms with Gasteiger partial charge in [0, 0.05) is 31.3 Å². The van der Waals surface area contributed by atoms with Gasteiger partial charge in [-0.2, -0.15) is 10.4 Å². The van der Waals surface area contributed by atoms with Crippen LogP contribution in [0.2, 0.25) is 0 Å². The molecule has 1 aliphatic rings. The monoisotopic (exact) mass is 357 g/mol. The number of benzene rings is 1. The van der Waals surface area contributed by atoms with Crippen LogP contribution < -0.4 is 4.90 Å². The first-order valence-electron chi connectivity index (χ1n) is 8.11. The number of amides is 1. The molecule has 6 nitrogen and oxygen atoms in total. The van der Waals surface area contributed by atoms with Crippen molar-refractivity contribution in [3.63, 3.8) is 0 Å². The zero-order valence-corrected chi connectivity index (χ0v) is 14.5. The predicted molar refractivity (Wildman–Crippen MR) is 90.2 cm³/mol. The lowest BCUT2D eigenvalue weighted by Gasteiger charge is -2.35. The van der Waals surface area contributed by atoms with Gasteiger partial charge in [0.05, 0.1) is 12.2 Å². The number of nitriles is 1. The molecule has 1 aromatic heterocycles. The molecular formula is C18H17F2N5O. The summed E-state index contributed by atoms with van der Waals surface area (Å²) in [5.41, 5.74) is 2.07. The molecule has 0 spiro atoms. The zero-order valence-electron chi connectivity index (χ0n) is 14.5. The fraction of sp³-hybridized carbons (Fsp3) is 0.333. The van der Waals surface area contributed by atoms with Crippen LogP contribution in [0.5, 0.6) is 0 Å². The SMILES string of the molecule is Cc1nnc(N2CCN(Cc3ccc(F)cc3F)C(=O)C2)c(C#N)c1C. The first kappa shape index (κ1) is 17.7. The normalized spacial score (nSPS) is 14.5. The van der Waals surface area contributed by atoms with E-state index >= 15 is 0 Å². The smallest absolute Gasteiger partial charge is 0.242 e. The number of aromatic nitrogens is 2. The topological polar surface area (TPSA) is 73.1 Å². The van der Waals surface area contributed by atoms with E-state index in [2.05, 4.69) is 16.3 Å². The molecule has 2 heterocycles. The quantitative estimate of drug-likeness (QED) is 0.841. The van der Waals surface area contributed by atoms with Crippen LogP contribution in [0, 0.1) is 36.8 Å². The van der Waals surface area contributed by atoms with E-state index in [0.29, 0.717) is 30.2 Å². The fourth-order valence-corrected chi connectivity index (χ4v) is 2.86. The number of nitrogens with zero attached hydrogens (tertiary/aromatic N) is 5. The molecule has 0 unspecified atom stereocenters. The molecule has 0 aliphatic carbocycles. The summed E-state index contributed by atoms with van der Waals surface area (Å²) in [6.07, 6.45) is 0. The Balaban J connectivity index is 1.76. The van der Waals surface area contributed by atoms with E-state index < -0.39 is 11.6 Å². The van der Waals surface area contributed by atoms with E-state index in [1.807, 2.05) is 0 Å². The molecule has 0 radical (unpaired) electrons. The highest BCUT2D eigenvalue weighted by molar-refractivity contribution is 5.83. The highest BCUT2D eigenvalue weighted by atomic mass is 19.1. The molecule has 134 valence electrons. The second-order valence-electron chi connectivity index (χ2n) is 6.19.